The lowest BCUT2D eigenvalue weighted by Crippen LogP contribution is -2.22. The van der Waals surface area contributed by atoms with Crippen LogP contribution in [0.15, 0.2) is 24.3 Å². The van der Waals surface area contributed by atoms with E-state index in [1.165, 1.54) is 12.1 Å². The molecular weight excluding hydrogens is 259 g/mol. The summed E-state index contributed by atoms with van der Waals surface area (Å²) in [5, 5.41) is 9.06. The minimum atomic E-state index is -0.753. The molecule has 1 heterocycles. The number of carboxylic acid groups (broad SMARTS) is 1. The monoisotopic (exact) mass is 274 g/mol. The number of aryl methyl sites for hydroxylation is 1. The van der Waals surface area contributed by atoms with Gasteiger partial charge in [0.2, 0.25) is 0 Å². The molecule has 1 aromatic carbocycles. The number of rotatable bonds is 3. The van der Waals surface area contributed by atoms with Crippen LogP contribution >= 0.6 is 0 Å². The van der Waals surface area contributed by atoms with E-state index in [4.69, 9.17) is 5.11 Å². The lowest BCUT2D eigenvalue weighted by Gasteiger charge is -2.16. The van der Waals surface area contributed by atoms with Crippen LogP contribution in [-0.2, 0) is 24.1 Å². The Kier molecular flexibility index (Phi) is 3.26. The Bertz CT molecular complexity index is 651. The molecule has 20 heavy (non-hydrogen) atoms. The van der Waals surface area contributed by atoms with E-state index in [0.29, 0.717) is 25.7 Å². The Morgan fingerprint density at radius 3 is 3.10 bits per heavy atom. The van der Waals surface area contributed by atoms with Gasteiger partial charge in [0.25, 0.3) is 0 Å². The van der Waals surface area contributed by atoms with Gasteiger partial charge in [0, 0.05) is 18.5 Å². The van der Waals surface area contributed by atoms with Crippen LogP contribution in [0.1, 0.15) is 29.2 Å². The molecule has 104 valence electrons. The van der Waals surface area contributed by atoms with Crippen molar-refractivity contribution >= 4 is 5.97 Å². The molecule has 0 saturated heterocycles. The molecule has 1 aliphatic carbocycles. The van der Waals surface area contributed by atoms with Crippen molar-refractivity contribution in [3.63, 3.8) is 0 Å². The zero-order chi connectivity index (χ0) is 14.1. The van der Waals surface area contributed by atoms with Crippen LogP contribution in [0.3, 0.4) is 0 Å². The van der Waals surface area contributed by atoms with Crippen molar-refractivity contribution < 1.29 is 14.3 Å². The van der Waals surface area contributed by atoms with Crippen LogP contribution in [0.5, 0.6) is 0 Å². The second-order valence-electron chi connectivity index (χ2n) is 5.19. The summed E-state index contributed by atoms with van der Waals surface area (Å²) in [6, 6.07) is 6.42. The molecule has 1 atom stereocenters. The van der Waals surface area contributed by atoms with E-state index in [-0.39, 0.29) is 11.7 Å². The summed E-state index contributed by atoms with van der Waals surface area (Å²) in [6.45, 7) is 0. The highest BCUT2D eigenvalue weighted by Gasteiger charge is 2.26. The zero-order valence-electron chi connectivity index (χ0n) is 10.9. The summed E-state index contributed by atoms with van der Waals surface area (Å²) in [6.07, 6.45) is 2.35. The first-order valence-corrected chi connectivity index (χ1v) is 6.65. The third kappa shape index (κ3) is 2.57. The van der Waals surface area contributed by atoms with E-state index < -0.39 is 5.97 Å². The number of hydrogen-bond donors (Lipinski definition) is 2. The number of benzene rings is 1. The molecule has 0 radical (unpaired) electrons. The van der Waals surface area contributed by atoms with E-state index in [1.54, 1.807) is 6.07 Å². The summed E-state index contributed by atoms with van der Waals surface area (Å²) < 4.78 is 13.1. The first-order chi connectivity index (χ1) is 9.61. The van der Waals surface area contributed by atoms with Gasteiger partial charge >= 0.3 is 5.97 Å². The first-order valence-electron chi connectivity index (χ1n) is 6.65. The quantitative estimate of drug-likeness (QED) is 0.902. The van der Waals surface area contributed by atoms with Crippen molar-refractivity contribution in [2.24, 2.45) is 5.92 Å². The number of imidazole rings is 1. The topological polar surface area (TPSA) is 66.0 Å². The number of H-pyrrole nitrogens is 1. The van der Waals surface area contributed by atoms with Crippen LogP contribution in [0.4, 0.5) is 4.39 Å². The molecule has 0 aliphatic heterocycles. The summed E-state index contributed by atoms with van der Waals surface area (Å²) in [7, 11) is 0. The zero-order valence-corrected chi connectivity index (χ0v) is 10.9. The predicted molar refractivity (Wildman–Crippen MR) is 70.9 cm³/mol. The molecule has 2 N–H and O–H groups in total. The molecule has 0 amide bonds. The fourth-order valence-corrected chi connectivity index (χ4v) is 2.67. The Balaban J connectivity index is 1.79. The van der Waals surface area contributed by atoms with Gasteiger partial charge in [-0.2, -0.15) is 0 Å². The molecule has 1 unspecified atom stereocenters. The molecule has 0 fully saturated rings. The van der Waals surface area contributed by atoms with E-state index >= 15 is 0 Å². The summed E-state index contributed by atoms with van der Waals surface area (Å²) in [4.78, 5) is 18.7. The van der Waals surface area contributed by atoms with Gasteiger partial charge in [-0.25, -0.2) is 9.37 Å². The highest BCUT2D eigenvalue weighted by Crippen LogP contribution is 2.24. The average molecular weight is 274 g/mol. The molecule has 0 spiro atoms. The van der Waals surface area contributed by atoms with Gasteiger partial charge in [-0.15, -0.1) is 0 Å². The Labute approximate surface area is 115 Å². The Hall–Kier alpha value is -2.17. The average Bonchev–Trinajstić information content (AvgIpc) is 2.79. The number of nitrogens with one attached hydrogen (secondary N) is 1. The number of hydrogen-bond acceptors (Lipinski definition) is 2. The molecule has 5 heteroatoms. The molecule has 3 rings (SSSR count). The highest BCUT2D eigenvalue weighted by molar-refractivity contribution is 5.70. The third-order valence-electron chi connectivity index (χ3n) is 3.70. The number of carboxylic acids is 1. The van der Waals surface area contributed by atoms with Crippen LogP contribution in [-0.4, -0.2) is 21.0 Å². The normalized spacial score (nSPS) is 17.8. The van der Waals surface area contributed by atoms with Crippen molar-refractivity contribution in [2.45, 2.75) is 25.7 Å². The molecule has 4 nitrogen and oxygen atoms in total. The number of aromatic amines is 1. The van der Waals surface area contributed by atoms with Gasteiger partial charge in [-0.3, -0.25) is 4.79 Å². The third-order valence-corrected chi connectivity index (χ3v) is 3.70. The number of aliphatic carboxylic acids is 1. The van der Waals surface area contributed by atoms with Gasteiger partial charge in [-0.1, -0.05) is 12.1 Å². The van der Waals surface area contributed by atoms with Crippen molar-refractivity contribution in [1.82, 2.24) is 9.97 Å². The van der Waals surface area contributed by atoms with Crippen LogP contribution in [0.2, 0.25) is 0 Å². The number of halogens is 1. The fourth-order valence-electron chi connectivity index (χ4n) is 2.67. The van der Waals surface area contributed by atoms with E-state index in [0.717, 1.165) is 22.8 Å². The first kappa shape index (κ1) is 12.8. The minimum absolute atomic E-state index is 0.259. The number of aromatic nitrogens is 2. The SMILES string of the molecule is O=C(O)C1CCc2nc(Cc3cccc(F)c3)[nH]c2C1. The van der Waals surface area contributed by atoms with Crippen molar-refractivity contribution in [1.29, 1.82) is 0 Å². The molecule has 1 aliphatic rings. The molecule has 1 aromatic heterocycles. The number of fused-ring (bicyclic) bond motifs is 1. The molecule has 0 bridgehead atoms. The molecule has 0 saturated carbocycles. The summed E-state index contributed by atoms with van der Waals surface area (Å²) in [5.41, 5.74) is 2.72. The molecule has 2 aromatic rings. The second-order valence-corrected chi connectivity index (χ2v) is 5.19. The Morgan fingerprint density at radius 1 is 1.50 bits per heavy atom. The minimum Gasteiger partial charge on any atom is -0.481 e. The number of carbonyl (C=O) groups is 1. The summed E-state index contributed by atoms with van der Waals surface area (Å²) >= 11 is 0. The van der Waals surface area contributed by atoms with Crippen molar-refractivity contribution in [3.05, 3.63) is 52.9 Å². The van der Waals surface area contributed by atoms with Gasteiger partial charge in [0.1, 0.15) is 11.6 Å². The van der Waals surface area contributed by atoms with Gasteiger partial charge in [0.05, 0.1) is 11.6 Å². The van der Waals surface area contributed by atoms with Crippen LogP contribution < -0.4 is 0 Å². The lowest BCUT2D eigenvalue weighted by molar-refractivity contribution is -0.142. The molecular formula is C15H15FN2O2. The Morgan fingerprint density at radius 2 is 2.35 bits per heavy atom. The van der Waals surface area contributed by atoms with Crippen LogP contribution in [0.25, 0.3) is 0 Å². The highest BCUT2D eigenvalue weighted by atomic mass is 19.1. The maximum absolute atomic E-state index is 13.1. The van der Waals surface area contributed by atoms with E-state index in [2.05, 4.69) is 9.97 Å². The van der Waals surface area contributed by atoms with E-state index in [1.807, 2.05) is 6.07 Å². The second kappa shape index (κ2) is 5.07. The largest absolute Gasteiger partial charge is 0.481 e. The van der Waals surface area contributed by atoms with Crippen molar-refractivity contribution in [2.75, 3.05) is 0 Å². The smallest absolute Gasteiger partial charge is 0.306 e. The van der Waals surface area contributed by atoms with Gasteiger partial charge < -0.3 is 10.1 Å². The van der Waals surface area contributed by atoms with Crippen LogP contribution in [0, 0.1) is 11.7 Å². The standard InChI is InChI=1S/C15H15FN2O2/c16-11-3-1-2-9(6-11)7-14-17-12-5-4-10(15(19)20)8-13(12)18-14/h1-3,6,10H,4-5,7-8H2,(H,17,18)(H,19,20). The van der Waals surface area contributed by atoms with Crippen molar-refractivity contribution in [3.8, 4) is 0 Å². The maximum atomic E-state index is 13.1. The maximum Gasteiger partial charge on any atom is 0.306 e. The van der Waals surface area contributed by atoms with Gasteiger partial charge in [0.15, 0.2) is 0 Å². The lowest BCUT2D eigenvalue weighted by atomic mass is 9.90. The van der Waals surface area contributed by atoms with Gasteiger partial charge in [-0.05, 0) is 30.5 Å². The summed E-state index contributed by atoms with van der Waals surface area (Å²) in [5.74, 6) is -0.571. The number of nitrogens with zero attached hydrogens (tertiary/aromatic N) is 1. The fraction of sp³-hybridized carbons (Fsp3) is 0.333. The van der Waals surface area contributed by atoms with E-state index in [9.17, 15) is 9.18 Å². The predicted octanol–water partition coefficient (Wildman–Crippen LogP) is 2.33.